The molecule has 1 nitrogen and oxygen atoms in total. The Morgan fingerprint density at radius 2 is 2.08 bits per heavy atom. The van der Waals surface area contributed by atoms with Gasteiger partial charge in [-0.15, -0.1) is 0 Å². The molecule has 2 heterocycles. The maximum absolute atomic E-state index is 3.34. The van der Waals surface area contributed by atoms with Crippen LogP contribution in [-0.2, 0) is 0 Å². The first-order valence-corrected chi connectivity index (χ1v) is 6.46. The normalized spacial score (nSPS) is 17.5. The van der Waals surface area contributed by atoms with E-state index in [4.69, 9.17) is 0 Å². The van der Waals surface area contributed by atoms with E-state index in [-0.39, 0.29) is 0 Å². The van der Waals surface area contributed by atoms with Crippen molar-refractivity contribution in [3.05, 3.63) is 34.8 Å². The molecule has 66 valence electrons. The van der Waals surface area contributed by atoms with Gasteiger partial charge in [-0.3, -0.25) is 0 Å². The summed E-state index contributed by atoms with van der Waals surface area (Å²) in [5.74, 6) is 0.797. The third-order valence-electron chi connectivity index (χ3n) is 2.73. The van der Waals surface area contributed by atoms with Gasteiger partial charge in [-0.1, -0.05) is 0 Å². The van der Waals surface area contributed by atoms with Crippen LogP contribution in [0.3, 0.4) is 0 Å². The first-order valence-electron chi connectivity index (χ1n) is 4.62. The van der Waals surface area contributed by atoms with Crippen LogP contribution in [-0.4, -0.2) is 27.6 Å². The quantitative estimate of drug-likeness (QED) is 0.741. The number of hydrogen-bond acceptors (Lipinski definition) is 1. The molecular formula is C11H11NSe. The van der Waals surface area contributed by atoms with E-state index in [0.717, 1.165) is 5.92 Å². The molecule has 0 spiro atoms. The monoisotopic (exact) mass is 237 g/mol. The summed E-state index contributed by atoms with van der Waals surface area (Å²) in [5.41, 5.74) is 1.61. The van der Waals surface area contributed by atoms with Crippen molar-refractivity contribution >= 4 is 24.1 Å². The van der Waals surface area contributed by atoms with Gasteiger partial charge in [0.25, 0.3) is 0 Å². The van der Waals surface area contributed by atoms with Gasteiger partial charge in [-0.05, 0) is 0 Å². The Hall–Kier alpha value is -0.561. The molecule has 0 saturated carbocycles. The van der Waals surface area contributed by atoms with Gasteiger partial charge in [0.05, 0.1) is 0 Å². The fraction of sp³-hybridized carbons (Fsp3) is 0.273. The third-order valence-corrected chi connectivity index (χ3v) is 4.79. The standard InChI is InChI=1S/C11H11NSe/c1-2-4-11-9(3-1)10(7-13-11)8-5-12-6-8/h1-4,7-8,12H,5-6H2. The summed E-state index contributed by atoms with van der Waals surface area (Å²) >= 11 is 0.599. The Morgan fingerprint density at radius 1 is 1.23 bits per heavy atom. The second-order valence-corrected chi connectivity index (χ2v) is 5.45. The van der Waals surface area contributed by atoms with Crippen LogP contribution in [0.15, 0.2) is 29.2 Å². The molecule has 2 aromatic rings. The van der Waals surface area contributed by atoms with Crippen molar-refractivity contribution in [2.45, 2.75) is 5.92 Å². The van der Waals surface area contributed by atoms with E-state index in [1.54, 1.807) is 9.82 Å². The molecule has 0 amide bonds. The van der Waals surface area contributed by atoms with Gasteiger partial charge in [-0.25, -0.2) is 0 Å². The van der Waals surface area contributed by atoms with E-state index in [9.17, 15) is 0 Å². The van der Waals surface area contributed by atoms with Gasteiger partial charge in [0.15, 0.2) is 0 Å². The predicted molar refractivity (Wildman–Crippen MR) is 56.5 cm³/mol. The van der Waals surface area contributed by atoms with Crippen LogP contribution in [0.2, 0.25) is 0 Å². The molecule has 1 saturated heterocycles. The zero-order valence-corrected chi connectivity index (χ0v) is 9.00. The second-order valence-electron chi connectivity index (χ2n) is 3.54. The molecule has 3 rings (SSSR count). The number of benzene rings is 1. The number of fused-ring (bicyclic) bond motifs is 1. The molecule has 0 aliphatic carbocycles. The van der Waals surface area contributed by atoms with Crippen molar-refractivity contribution < 1.29 is 0 Å². The molecule has 13 heavy (non-hydrogen) atoms. The number of hydrogen-bond donors (Lipinski definition) is 1. The minimum absolute atomic E-state index is 0.599. The average molecular weight is 236 g/mol. The molecule has 1 N–H and O–H groups in total. The maximum atomic E-state index is 3.34. The van der Waals surface area contributed by atoms with Crippen molar-refractivity contribution in [1.29, 1.82) is 0 Å². The molecule has 1 fully saturated rings. The molecule has 1 aromatic carbocycles. The molecule has 2 heteroatoms. The Balaban J connectivity index is 2.17. The van der Waals surface area contributed by atoms with Crippen molar-refractivity contribution in [1.82, 2.24) is 5.32 Å². The summed E-state index contributed by atoms with van der Waals surface area (Å²) < 4.78 is 1.57. The molecule has 0 atom stereocenters. The van der Waals surface area contributed by atoms with Crippen LogP contribution in [0.1, 0.15) is 11.5 Å². The van der Waals surface area contributed by atoms with E-state index in [1.807, 2.05) is 0 Å². The predicted octanol–water partition coefficient (Wildman–Crippen LogP) is 1.58. The summed E-state index contributed by atoms with van der Waals surface area (Å²) in [7, 11) is 0. The Morgan fingerprint density at radius 3 is 2.85 bits per heavy atom. The van der Waals surface area contributed by atoms with Crippen LogP contribution in [0, 0.1) is 0 Å². The second kappa shape index (κ2) is 2.98. The van der Waals surface area contributed by atoms with E-state index in [2.05, 4.69) is 34.5 Å². The summed E-state index contributed by atoms with van der Waals surface area (Å²) in [5, 5.41) is 4.86. The molecule has 0 unspecified atom stereocenters. The van der Waals surface area contributed by atoms with E-state index in [0.29, 0.717) is 14.5 Å². The average Bonchev–Trinajstić information content (AvgIpc) is 2.47. The number of rotatable bonds is 1. The SMILES string of the molecule is c1ccc2c(C3CNC3)c[se]c2c1. The van der Waals surface area contributed by atoms with Gasteiger partial charge < -0.3 is 0 Å². The van der Waals surface area contributed by atoms with Gasteiger partial charge in [0.2, 0.25) is 0 Å². The third kappa shape index (κ3) is 1.18. The molecule has 0 bridgehead atoms. The molecule has 1 aliphatic heterocycles. The molecule has 1 aliphatic rings. The van der Waals surface area contributed by atoms with Gasteiger partial charge in [0, 0.05) is 0 Å². The van der Waals surface area contributed by atoms with Crippen LogP contribution in [0.5, 0.6) is 0 Å². The van der Waals surface area contributed by atoms with E-state index < -0.39 is 0 Å². The fourth-order valence-electron chi connectivity index (χ4n) is 1.82. The zero-order valence-electron chi connectivity index (χ0n) is 7.29. The van der Waals surface area contributed by atoms with Crippen molar-refractivity contribution in [3.63, 3.8) is 0 Å². The van der Waals surface area contributed by atoms with Gasteiger partial charge >= 0.3 is 83.2 Å². The van der Waals surface area contributed by atoms with Crippen molar-refractivity contribution in [2.24, 2.45) is 0 Å². The molecular weight excluding hydrogens is 225 g/mol. The first-order chi connectivity index (χ1) is 6.45. The van der Waals surface area contributed by atoms with Crippen LogP contribution >= 0.6 is 0 Å². The fourth-order valence-corrected chi connectivity index (χ4v) is 4.01. The number of nitrogens with one attached hydrogen (secondary N) is 1. The topological polar surface area (TPSA) is 12.0 Å². The molecule has 1 aromatic heterocycles. The summed E-state index contributed by atoms with van der Waals surface area (Å²) in [6, 6.07) is 8.84. The van der Waals surface area contributed by atoms with Crippen molar-refractivity contribution in [3.8, 4) is 0 Å². The summed E-state index contributed by atoms with van der Waals surface area (Å²) in [4.78, 5) is 2.46. The Kier molecular flexibility index (Phi) is 1.79. The van der Waals surface area contributed by atoms with Crippen LogP contribution in [0.25, 0.3) is 9.65 Å². The van der Waals surface area contributed by atoms with Crippen molar-refractivity contribution in [2.75, 3.05) is 13.1 Å². The van der Waals surface area contributed by atoms with E-state index in [1.165, 1.54) is 18.5 Å². The molecule has 0 radical (unpaired) electrons. The Labute approximate surface area is 83.5 Å². The summed E-state index contributed by atoms with van der Waals surface area (Å²) in [6.45, 7) is 2.35. The minimum atomic E-state index is 0.599. The zero-order chi connectivity index (χ0) is 8.67. The van der Waals surface area contributed by atoms with Crippen LogP contribution < -0.4 is 5.32 Å². The van der Waals surface area contributed by atoms with Gasteiger partial charge in [0.1, 0.15) is 0 Å². The van der Waals surface area contributed by atoms with Crippen LogP contribution in [0.4, 0.5) is 0 Å². The van der Waals surface area contributed by atoms with Gasteiger partial charge in [-0.2, -0.15) is 0 Å². The van der Waals surface area contributed by atoms with E-state index >= 15 is 0 Å². The first kappa shape index (κ1) is 7.81. The Bertz CT molecular complexity index is 428. The summed E-state index contributed by atoms with van der Waals surface area (Å²) in [6.07, 6.45) is 0.